The summed E-state index contributed by atoms with van der Waals surface area (Å²) in [6.45, 7) is 2.63. The van der Waals surface area contributed by atoms with Crippen LogP contribution in [0.15, 0.2) is 48.5 Å². The quantitative estimate of drug-likeness (QED) is 0.704. The fraction of sp³-hybridized carbons (Fsp3) is 0.440. The van der Waals surface area contributed by atoms with E-state index in [1.165, 1.54) is 6.07 Å². The highest BCUT2D eigenvalue weighted by Gasteiger charge is 2.41. The van der Waals surface area contributed by atoms with Gasteiger partial charge in [0.15, 0.2) is 0 Å². The largest absolute Gasteiger partial charge is 0.416 e. The number of amides is 2. The van der Waals surface area contributed by atoms with E-state index in [2.05, 4.69) is 5.32 Å². The van der Waals surface area contributed by atoms with Crippen LogP contribution in [0.3, 0.4) is 0 Å². The van der Waals surface area contributed by atoms with Crippen LogP contribution >= 0.6 is 0 Å². The second-order valence-corrected chi connectivity index (χ2v) is 8.89. The van der Waals surface area contributed by atoms with Gasteiger partial charge in [-0.25, -0.2) is 0 Å². The van der Waals surface area contributed by atoms with E-state index in [1.807, 2.05) is 31.2 Å². The number of piperidine rings is 1. The van der Waals surface area contributed by atoms with Crippen molar-refractivity contribution < 1.29 is 22.8 Å². The van der Waals surface area contributed by atoms with Crippen LogP contribution in [0.5, 0.6) is 0 Å². The highest BCUT2D eigenvalue weighted by atomic mass is 19.4. The lowest BCUT2D eigenvalue weighted by molar-refractivity contribution is -0.140. The van der Waals surface area contributed by atoms with Gasteiger partial charge in [-0.05, 0) is 55.9 Å². The summed E-state index contributed by atoms with van der Waals surface area (Å²) in [6.07, 6.45) is -1.85. The number of nitrogens with one attached hydrogen (secondary N) is 1. The number of carbonyl (C=O) groups excluding carboxylic acids is 2. The molecule has 1 aliphatic heterocycles. The predicted octanol–water partition coefficient (Wildman–Crippen LogP) is 5.02. The number of likely N-dealkylation sites (tertiary alicyclic amines) is 1. The van der Waals surface area contributed by atoms with Gasteiger partial charge >= 0.3 is 6.18 Å². The van der Waals surface area contributed by atoms with Crippen LogP contribution in [0.25, 0.3) is 0 Å². The molecule has 1 saturated heterocycles. The molecule has 0 spiro atoms. The van der Waals surface area contributed by atoms with Crippen LogP contribution < -0.4 is 5.32 Å². The lowest BCUT2D eigenvalue weighted by Crippen LogP contribution is -2.47. The first-order valence-corrected chi connectivity index (χ1v) is 11.0. The number of hydrogen-bond donors (Lipinski definition) is 1. The fourth-order valence-electron chi connectivity index (χ4n) is 4.42. The number of nitrogens with zero attached hydrogens (tertiary/aromatic N) is 1. The van der Waals surface area contributed by atoms with Crippen LogP contribution in [0.4, 0.5) is 13.2 Å². The maximum Gasteiger partial charge on any atom is 0.416 e. The Morgan fingerprint density at radius 3 is 2.41 bits per heavy atom. The second kappa shape index (κ2) is 8.96. The minimum absolute atomic E-state index is 0.0522. The van der Waals surface area contributed by atoms with Gasteiger partial charge in [0.2, 0.25) is 11.8 Å². The van der Waals surface area contributed by atoms with E-state index in [9.17, 15) is 22.8 Å². The Labute approximate surface area is 185 Å². The van der Waals surface area contributed by atoms with E-state index in [4.69, 9.17) is 0 Å². The highest BCUT2D eigenvalue weighted by Crippen LogP contribution is 2.40. The molecule has 7 heteroatoms. The summed E-state index contributed by atoms with van der Waals surface area (Å²) < 4.78 is 39.6. The smallest absolute Gasteiger partial charge is 0.352 e. The number of alkyl halides is 3. The summed E-state index contributed by atoms with van der Waals surface area (Å²) in [7, 11) is 0. The van der Waals surface area contributed by atoms with Crippen molar-refractivity contribution in [2.75, 3.05) is 6.54 Å². The first-order chi connectivity index (χ1) is 15.2. The van der Waals surface area contributed by atoms with E-state index < -0.39 is 17.8 Å². The lowest BCUT2D eigenvalue weighted by atomic mass is 9.87. The summed E-state index contributed by atoms with van der Waals surface area (Å²) in [4.78, 5) is 27.5. The fourth-order valence-corrected chi connectivity index (χ4v) is 4.42. The van der Waals surface area contributed by atoms with Crippen LogP contribution in [0.2, 0.25) is 0 Å². The molecule has 0 radical (unpaired) electrons. The Balaban J connectivity index is 1.48. The Bertz CT molecular complexity index is 1000. The molecule has 2 atom stereocenters. The zero-order valence-electron chi connectivity index (χ0n) is 18.0. The van der Waals surface area contributed by atoms with E-state index in [0.29, 0.717) is 24.9 Å². The summed E-state index contributed by atoms with van der Waals surface area (Å²) in [5.74, 6) is -0.617. The third kappa shape index (κ3) is 5.14. The van der Waals surface area contributed by atoms with Crippen LogP contribution in [0.1, 0.15) is 54.0 Å². The normalized spacial score (nSPS) is 21.3. The standard InChI is InChI=1S/C25H27F3N2O2/c1-16-4-2-5-17(12-16)14-29-23(31)20-10-11-22(30(15-20)24(32)18-8-9-18)19-6-3-7-21(13-19)25(26,27)28/h2-7,12-13,18,20,22H,8-11,14-15H2,1H3,(H,29,31)/t20-,22+/m1/s1. The van der Waals surface area contributed by atoms with Gasteiger partial charge in [-0.15, -0.1) is 0 Å². The number of halogens is 3. The Morgan fingerprint density at radius 1 is 1.00 bits per heavy atom. The molecule has 0 unspecified atom stereocenters. The molecule has 2 aromatic rings. The molecule has 1 saturated carbocycles. The van der Waals surface area contributed by atoms with Gasteiger partial charge in [0.1, 0.15) is 0 Å². The average Bonchev–Trinajstić information content (AvgIpc) is 3.62. The van der Waals surface area contributed by atoms with Gasteiger partial charge in [0.05, 0.1) is 17.5 Å². The molecule has 4 rings (SSSR count). The van der Waals surface area contributed by atoms with Gasteiger partial charge in [-0.1, -0.05) is 42.0 Å². The van der Waals surface area contributed by atoms with Gasteiger partial charge in [0.25, 0.3) is 0 Å². The van der Waals surface area contributed by atoms with Crippen LogP contribution in [0, 0.1) is 18.8 Å². The summed E-state index contributed by atoms with van der Waals surface area (Å²) >= 11 is 0. The van der Waals surface area contributed by atoms with Crippen molar-refractivity contribution in [3.63, 3.8) is 0 Å². The third-order valence-corrected chi connectivity index (χ3v) is 6.31. The highest BCUT2D eigenvalue weighted by molar-refractivity contribution is 5.84. The molecule has 1 heterocycles. The van der Waals surface area contributed by atoms with E-state index in [0.717, 1.165) is 36.1 Å². The monoisotopic (exact) mass is 444 g/mol. The van der Waals surface area contributed by atoms with Gasteiger partial charge in [-0.3, -0.25) is 9.59 Å². The van der Waals surface area contributed by atoms with Gasteiger partial charge in [-0.2, -0.15) is 13.2 Å². The van der Waals surface area contributed by atoms with Crippen molar-refractivity contribution in [1.29, 1.82) is 0 Å². The predicted molar refractivity (Wildman–Crippen MR) is 114 cm³/mol. The Kier molecular flexibility index (Phi) is 6.26. The van der Waals surface area contributed by atoms with Gasteiger partial charge < -0.3 is 10.2 Å². The lowest BCUT2D eigenvalue weighted by Gasteiger charge is -2.40. The number of hydrogen-bond acceptors (Lipinski definition) is 2. The van der Waals surface area contributed by atoms with Crippen molar-refractivity contribution in [1.82, 2.24) is 10.2 Å². The molecule has 2 aromatic carbocycles. The topological polar surface area (TPSA) is 49.4 Å². The second-order valence-electron chi connectivity index (χ2n) is 8.89. The molecule has 2 amide bonds. The first-order valence-electron chi connectivity index (χ1n) is 11.0. The van der Waals surface area contributed by atoms with E-state index in [1.54, 1.807) is 11.0 Å². The average molecular weight is 444 g/mol. The Morgan fingerprint density at radius 2 is 1.72 bits per heavy atom. The van der Waals surface area contributed by atoms with Crippen molar-refractivity contribution in [3.8, 4) is 0 Å². The third-order valence-electron chi connectivity index (χ3n) is 6.31. The number of benzene rings is 2. The Hall–Kier alpha value is -2.83. The molecule has 2 fully saturated rings. The molecule has 170 valence electrons. The van der Waals surface area contributed by atoms with Crippen molar-refractivity contribution in [3.05, 3.63) is 70.8 Å². The van der Waals surface area contributed by atoms with Gasteiger partial charge in [0, 0.05) is 19.0 Å². The minimum Gasteiger partial charge on any atom is -0.352 e. The zero-order valence-corrected chi connectivity index (χ0v) is 18.0. The van der Waals surface area contributed by atoms with Crippen molar-refractivity contribution in [2.24, 2.45) is 11.8 Å². The SMILES string of the molecule is Cc1cccc(CNC(=O)[C@@H]2CC[C@@H](c3cccc(C(F)(F)F)c3)N(C(=O)C3CC3)C2)c1. The van der Waals surface area contributed by atoms with Crippen molar-refractivity contribution >= 4 is 11.8 Å². The molecule has 1 N–H and O–H groups in total. The molecule has 0 aromatic heterocycles. The maximum atomic E-state index is 13.2. The number of rotatable bonds is 5. The molecule has 1 aliphatic carbocycles. The molecule has 4 nitrogen and oxygen atoms in total. The molecular weight excluding hydrogens is 417 g/mol. The zero-order chi connectivity index (χ0) is 22.9. The molecule has 0 bridgehead atoms. The van der Waals surface area contributed by atoms with E-state index >= 15 is 0 Å². The van der Waals surface area contributed by atoms with E-state index in [-0.39, 0.29) is 30.2 Å². The maximum absolute atomic E-state index is 13.2. The van der Waals surface area contributed by atoms with Crippen LogP contribution in [-0.4, -0.2) is 23.3 Å². The molecule has 32 heavy (non-hydrogen) atoms. The molecule has 2 aliphatic rings. The summed E-state index contributed by atoms with van der Waals surface area (Å²) in [6, 6.07) is 12.6. The number of aryl methyl sites for hydroxylation is 1. The molecular formula is C25H27F3N2O2. The summed E-state index contributed by atoms with van der Waals surface area (Å²) in [5, 5.41) is 2.96. The first kappa shape index (κ1) is 22.4. The summed E-state index contributed by atoms with van der Waals surface area (Å²) in [5.41, 5.74) is 1.88. The minimum atomic E-state index is -4.44. The van der Waals surface area contributed by atoms with Crippen LogP contribution in [-0.2, 0) is 22.3 Å². The van der Waals surface area contributed by atoms with Crippen molar-refractivity contribution in [2.45, 2.75) is 51.4 Å². The number of carbonyl (C=O) groups is 2.